The number of hydrogen-bond acceptors (Lipinski definition) is 12. The molecule has 1 atom stereocenters. The minimum Gasteiger partial charge on any atom is -0.459 e. The maximum atomic E-state index is 14.1. The Morgan fingerprint density at radius 1 is 0.738 bits per heavy atom. The largest absolute Gasteiger partial charge is 0.459 e. The summed E-state index contributed by atoms with van der Waals surface area (Å²) in [5, 5.41) is 1.78. The number of nitrogens with two attached hydrogens (primary N) is 1. The highest BCUT2D eigenvalue weighted by atomic mass is 32.1. The van der Waals surface area contributed by atoms with Gasteiger partial charge in [-0.2, -0.15) is 0 Å². The molecular weight excluding hydrogens is 805 g/mol. The zero-order valence-electron chi connectivity index (χ0n) is 37.1. The van der Waals surface area contributed by atoms with Crippen LogP contribution in [-0.4, -0.2) is 75.8 Å². The summed E-state index contributed by atoms with van der Waals surface area (Å²) in [7, 11) is 0. The Labute approximate surface area is 361 Å². The molecular formula is C45H58N4O11S. The Morgan fingerprint density at radius 2 is 1.34 bits per heavy atom. The lowest BCUT2D eigenvalue weighted by Crippen LogP contribution is -2.45. The molecule has 0 saturated carbocycles. The molecule has 330 valence electrons. The summed E-state index contributed by atoms with van der Waals surface area (Å²) in [5.41, 5.74) is 5.78. The van der Waals surface area contributed by atoms with E-state index in [9.17, 15) is 28.8 Å². The summed E-state index contributed by atoms with van der Waals surface area (Å²) in [6.45, 7) is 20.5. The monoisotopic (exact) mass is 862 g/mol. The quantitative estimate of drug-likeness (QED) is 0.0711. The summed E-state index contributed by atoms with van der Waals surface area (Å²) >= 11 is 1.21. The molecule has 1 aliphatic carbocycles. The number of esters is 3. The van der Waals surface area contributed by atoms with E-state index in [1.165, 1.54) is 40.5 Å². The van der Waals surface area contributed by atoms with E-state index in [0.29, 0.717) is 35.5 Å². The third-order valence-corrected chi connectivity index (χ3v) is 9.37. The second-order valence-electron chi connectivity index (χ2n) is 18.7. The molecule has 0 radical (unpaired) electrons. The van der Waals surface area contributed by atoms with Crippen molar-refractivity contribution < 1.29 is 52.5 Å². The Morgan fingerprint density at radius 3 is 1.93 bits per heavy atom. The molecule has 0 bridgehead atoms. The first-order valence-corrected chi connectivity index (χ1v) is 20.8. The molecule has 0 saturated heterocycles. The summed E-state index contributed by atoms with van der Waals surface area (Å²) in [4.78, 5) is 85.2. The van der Waals surface area contributed by atoms with E-state index in [0.717, 1.165) is 16.0 Å². The van der Waals surface area contributed by atoms with Crippen LogP contribution in [-0.2, 0) is 47.9 Å². The van der Waals surface area contributed by atoms with Gasteiger partial charge in [0, 0.05) is 12.5 Å². The fourth-order valence-corrected chi connectivity index (χ4v) is 6.88. The highest BCUT2D eigenvalue weighted by Crippen LogP contribution is 2.31. The Balaban J connectivity index is 1.47. The van der Waals surface area contributed by atoms with Crippen molar-refractivity contribution in [2.75, 3.05) is 11.4 Å². The van der Waals surface area contributed by atoms with Crippen molar-refractivity contribution in [3.63, 3.8) is 0 Å². The molecule has 0 fully saturated rings. The van der Waals surface area contributed by atoms with Crippen molar-refractivity contribution in [2.24, 2.45) is 16.6 Å². The van der Waals surface area contributed by atoms with Crippen LogP contribution in [0.3, 0.4) is 0 Å². The molecule has 4 rings (SSSR count). The first kappa shape index (κ1) is 47.9. The van der Waals surface area contributed by atoms with Gasteiger partial charge in [0.05, 0.1) is 11.3 Å². The molecule has 1 aliphatic rings. The van der Waals surface area contributed by atoms with E-state index in [-0.39, 0.29) is 30.2 Å². The van der Waals surface area contributed by atoms with Crippen LogP contribution in [0.25, 0.3) is 0 Å². The summed E-state index contributed by atoms with van der Waals surface area (Å²) in [6, 6.07) is 12.7. The van der Waals surface area contributed by atoms with E-state index in [1.54, 1.807) is 107 Å². The molecule has 3 aromatic rings. The number of benzene rings is 2. The predicted molar refractivity (Wildman–Crippen MR) is 231 cm³/mol. The van der Waals surface area contributed by atoms with E-state index in [1.807, 2.05) is 6.07 Å². The lowest BCUT2D eigenvalue weighted by Gasteiger charge is -2.31. The number of anilines is 1. The fraction of sp³-hybridized carbons (Fsp3) is 0.489. The van der Waals surface area contributed by atoms with Crippen LogP contribution in [0.1, 0.15) is 126 Å². The molecule has 3 amide bonds. The van der Waals surface area contributed by atoms with Crippen molar-refractivity contribution in [3.05, 3.63) is 81.0 Å². The molecule has 0 spiro atoms. The van der Waals surface area contributed by atoms with Gasteiger partial charge in [0.25, 0.3) is 0 Å². The van der Waals surface area contributed by atoms with Crippen molar-refractivity contribution in [2.45, 2.75) is 131 Å². The van der Waals surface area contributed by atoms with Gasteiger partial charge in [-0.1, -0.05) is 6.07 Å². The zero-order chi connectivity index (χ0) is 45.7. The summed E-state index contributed by atoms with van der Waals surface area (Å²) in [5.74, 6) is -2.53. The maximum Gasteiger partial charge on any atom is 0.437 e. The van der Waals surface area contributed by atoms with E-state index in [2.05, 4.69) is 4.99 Å². The Kier molecular flexibility index (Phi) is 14.8. The number of nitrogens with zero attached hydrogens (tertiary/aromatic N) is 3. The number of aliphatic imine (C=N–C) groups is 1. The number of aryl methyl sites for hydroxylation is 1. The van der Waals surface area contributed by atoms with Gasteiger partial charge >= 0.3 is 30.1 Å². The molecule has 2 aromatic carbocycles. The number of fused-ring (bicyclic) bond motifs is 1. The molecule has 2 N–H and O–H groups in total. The molecule has 0 aliphatic heterocycles. The second-order valence-corrected chi connectivity index (χ2v) is 19.6. The van der Waals surface area contributed by atoms with Gasteiger partial charge in [-0.3, -0.25) is 9.59 Å². The lowest BCUT2D eigenvalue weighted by atomic mass is 9.83. The SMILES string of the molecule is CC(C)(C)OC(=O)CN(Cc1csc(C(=O)OC(C)(C)C)c1)C(=O)C1CCc2cc(OC(=O)c3ccc(N(C(=O)OC(C)(C)C)C(N)=NC(=O)OC(C)(C)C)cc3)ccc2C1. The smallest absolute Gasteiger partial charge is 0.437 e. The number of hydrogen-bond donors (Lipinski definition) is 1. The average Bonchev–Trinajstić information content (AvgIpc) is 3.57. The second kappa shape index (κ2) is 18.9. The highest BCUT2D eigenvalue weighted by molar-refractivity contribution is 7.12. The van der Waals surface area contributed by atoms with Crippen molar-refractivity contribution in [1.82, 2.24) is 4.90 Å². The van der Waals surface area contributed by atoms with Gasteiger partial charge < -0.3 is 34.3 Å². The average molecular weight is 863 g/mol. The zero-order valence-corrected chi connectivity index (χ0v) is 37.9. The van der Waals surface area contributed by atoms with E-state index < -0.39 is 64.4 Å². The van der Waals surface area contributed by atoms with Crippen LogP contribution < -0.4 is 15.4 Å². The Bertz CT molecular complexity index is 2150. The van der Waals surface area contributed by atoms with Gasteiger partial charge in [0.1, 0.15) is 39.6 Å². The van der Waals surface area contributed by atoms with Gasteiger partial charge in [-0.05, 0) is 167 Å². The molecule has 16 heteroatoms. The predicted octanol–water partition coefficient (Wildman–Crippen LogP) is 8.39. The standard InChI is InChI=1S/C45H58N4O11S/c1-42(2,3)57-35(50)25-48(24-27-21-34(61-26-27)38(53)58-43(4,5)6)36(51)31-14-13-30-23-33(20-17-29(30)22-31)56-37(52)28-15-18-32(19-16-28)49(41(55)60-45(10,11)12)39(46)47-40(54)59-44(7,8)9/h15-21,23,26,31H,13-14,22,24-25H2,1-12H3,(H2,46,47,54). The van der Waals surface area contributed by atoms with E-state index >= 15 is 0 Å². The van der Waals surface area contributed by atoms with Gasteiger partial charge in [0.15, 0.2) is 0 Å². The summed E-state index contributed by atoms with van der Waals surface area (Å²) < 4.78 is 27.5. The Hall–Kier alpha value is -5.77. The third-order valence-electron chi connectivity index (χ3n) is 8.41. The first-order chi connectivity index (χ1) is 28.1. The van der Waals surface area contributed by atoms with Crippen LogP contribution in [0, 0.1) is 5.92 Å². The number of carbonyl (C=O) groups excluding carboxylic acids is 6. The van der Waals surface area contributed by atoms with Gasteiger partial charge in [-0.25, -0.2) is 24.1 Å². The first-order valence-electron chi connectivity index (χ1n) is 19.9. The number of ether oxygens (including phenoxy) is 5. The molecule has 1 unspecified atom stereocenters. The van der Waals surface area contributed by atoms with Crippen LogP contribution in [0.15, 0.2) is 58.9 Å². The highest BCUT2D eigenvalue weighted by Gasteiger charge is 2.32. The van der Waals surface area contributed by atoms with Crippen molar-refractivity contribution in [3.8, 4) is 5.75 Å². The number of amides is 3. The topological polar surface area (TPSA) is 193 Å². The van der Waals surface area contributed by atoms with Gasteiger partial charge in [-0.15, -0.1) is 16.3 Å². The number of guanidine groups is 1. The minimum absolute atomic E-state index is 0.0999. The molecule has 15 nitrogen and oxygen atoms in total. The van der Waals surface area contributed by atoms with Crippen LogP contribution in [0.2, 0.25) is 0 Å². The van der Waals surface area contributed by atoms with Crippen LogP contribution in [0.5, 0.6) is 5.75 Å². The molecule has 61 heavy (non-hydrogen) atoms. The van der Waals surface area contributed by atoms with Crippen molar-refractivity contribution in [1.29, 1.82) is 0 Å². The molecule has 1 heterocycles. The lowest BCUT2D eigenvalue weighted by molar-refractivity contribution is -0.160. The van der Waals surface area contributed by atoms with E-state index in [4.69, 9.17) is 29.4 Å². The summed E-state index contributed by atoms with van der Waals surface area (Å²) in [6.07, 6.45) is -0.512. The maximum absolute atomic E-state index is 14.1. The fourth-order valence-electron chi connectivity index (χ4n) is 6.10. The molecule has 1 aromatic heterocycles. The van der Waals surface area contributed by atoms with Crippen molar-refractivity contribution >= 4 is 59.0 Å². The number of thiophene rings is 1. The van der Waals surface area contributed by atoms with Gasteiger partial charge in [0.2, 0.25) is 11.9 Å². The third kappa shape index (κ3) is 15.0. The normalized spacial score (nSPS) is 14.6. The van der Waals surface area contributed by atoms with Crippen LogP contribution in [0.4, 0.5) is 15.3 Å². The number of rotatable bonds is 9. The van der Waals surface area contributed by atoms with Crippen LogP contribution >= 0.6 is 11.3 Å². The minimum atomic E-state index is -1.00. The number of carbonyl (C=O) groups is 6.